The van der Waals surface area contributed by atoms with Crippen molar-refractivity contribution in [1.29, 1.82) is 0 Å². The van der Waals surface area contributed by atoms with Crippen molar-refractivity contribution in [3.05, 3.63) is 22.9 Å². The van der Waals surface area contributed by atoms with Crippen LogP contribution in [0.5, 0.6) is 0 Å². The zero-order valence-electron chi connectivity index (χ0n) is 9.93. The molecule has 0 aromatic carbocycles. The largest absolute Gasteiger partial charge is 0.367 e. The first-order chi connectivity index (χ1) is 7.20. The molecule has 0 saturated carbocycles. The predicted octanol–water partition coefficient (Wildman–Crippen LogP) is 3.09. The van der Waals surface area contributed by atoms with Crippen LogP contribution in [0, 0.1) is 6.92 Å². The summed E-state index contributed by atoms with van der Waals surface area (Å²) in [5.74, 6) is 1.14. The van der Waals surface area contributed by atoms with Crippen molar-refractivity contribution >= 4 is 5.82 Å². The third kappa shape index (κ3) is 2.14. The van der Waals surface area contributed by atoms with Crippen LogP contribution in [0.3, 0.4) is 0 Å². The number of nitrogens with zero attached hydrogens (tertiary/aromatic N) is 1. The van der Waals surface area contributed by atoms with Crippen LogP contribution in [0.25, 0.3) is 0 Å². The van der Waals surface area contributed by atoms with E-state index in [1.165, 1.54) is 30.4 Å². The summed E-state index contributed by atoms with van der Waals surface area (Å²) in [6, 6.07) is 2.76. The number of rotatable bonds is 3. The summed E-state index contributed by atoms with van der Waals surface area (Å²) in [6.07, 6.45) is 4.86. The summed E-state index contributed by atoms with van der Waals surface area (Å²) < 4.78 is 0. The lowest BCUT2D eigenvalue weighted by molar-refractivity contribution is 0.756. The van der Waals surface area contributed by atoms with Gasteiger partial charge in [-0.2, -0.15) is 0 Å². The van der Waals surface area contributed by atoms with E-state index in [9.17, 15) is 0 Å². The van der Waals surface area contributed by atoms with E-state index < -0.39 is 0 Å². The van der Waals surface area contributed by atoms with E-state index >= 15 is 0 Å². The maximum absolute atomic E-state index is 4.62. The summed E-state index contributed by atoms with van der Waals surface area (Å²) in [5.41, 5.74) is 4.11. The van der Waals surface area contributed by atoms with E-state index in [0.717, 1.165) is 17.9 Å². The summed E-state index contributed by atoms with van der Waals surface area (Å²) in [6.45, 7) is 6.50. The van der Waals surface area contributed by atoms with Crippen LogP contribution in [-0.2, 0) is 12.8 Å². The molecule has 0 bridgehead atoms. The number of pyridine rings is 1. The molecule has 1 aliphatic rings. The quantitative estimate of drug-likeness (QED) is 0.818. The van der Waals surface area contributed by atoms with Crippen molar-refractivity contribution in [2.24, 2.45) is 0 Å². The number of aryl methyl sites for hydroxylation is 2. The van der Waals surface area contributed by atoms with Gasteiger partial charge in [0.25, 0.3) is 0 Å². The van der Waals surface area contributed by atoms with Crippen LogP contribution in [0.15, 0.2) is 6.07 Å². The Morgan fingerprint density at radius 2 is 2.27 bits per heavy atom. The van der Waals surface area contributed by atoms with Crippen LogP contribution in [0.2, 0.25) is 0 Å². The van der Waals surface area contributed by atoms with Crippen molar-refractivity contribution in [3.63, 3.8) is 0 Å². The maximum atomic E-state index is 4.62. The third-order valence-electron chi connectivity index (χ3n) is 3.21. The van der Waals surface area contributed by atoms with E-state index in [0.29, 0.717) is 6.04 Å². The van der Waals surface area contributed by atoms with Crippen molar-refractivity contribution in [2.75, 3.05) is 5.32 Å². The standard InChI is InChI=1S/C13H20N2/c1-4-9(2)14-13-12-7-5-6-11(12)8-10(3)15-13/h8-9H,4-7H2,1-3H3,(H,14,15). The number of hydrogen-bond donors (Lipinski definition) is 1. The van der Waals surface area contributed by atoms with Gasteiger partial charge in [-0.3, -0.25) is 0 Å². The van der Waals surface area contributed by atoms with Crippen LogP contribution >= 0.6 is 0 Å². The molecular formula is C13H20N2. The molecule has 0 amide bonds. The van der Waals surface area contributed by atoms with Gasteiger partial charge < -0.3 is 5.32 Å². The molecule has 1 atom stereocenters. The minimum atomic E-state index is 0.518. The molecule has 0 saturated heterocycles. The topological polar surface area (TPSA) is 24.9 Å². The molecule has 1 heterocycles. The Kier molecular flexibility index (Phi) is 2.94. The molecule has 15 heavy (non-hydrogen) atoms. The van der Waals surface area contributed by atoms with Gasteiger partial charge in [0.1, 0.15) is 5.82 Å². The van der Waals surface area contributed by atoms with Crippen LogP contribution in [0.1, 0.15) is 43.5 Å². The Hall–Kier alpha value is -1.05. The minimum Gasteiger partial charge on any atom is -0.367 e. The summed E-state index contributed by atoms with van der Waals surface area (Å²) >= 11 is 0. The van der Waals surface area contributed by atoms with Crippen molar-refractivity contribution in [2.45, 2.75) is 52.5 Å². The Morgan fingerprint density at radius 3 is 3.00 bits per heavy atom. The minimum absolute atomic E-state index is 0.518. The van der Waals surface area contributed by atoms with Crippen LogP contribution < -0.4 is 5.32 Å². The highest BCUT2D eigenvalue weighted by atomic mass is 15.0. The fraction of sp³-hybridized carbons (Fsp3) is 0.615. The molecule has 2 rings (SSSR count). The molecule has 1 aromatic rings. The van der Waals surface area contributed by atoms with Gasteiger partial charge in [0.2, 0.25) is 0 Å². The second kappa shape index (κ2) is 4.21. The highest BCUT2D eigenvalue weighted by Crippen LogP contribution is 2.28. The first-order valence-corrected chi connectivity index (χ1v) is 5.96. The van der Waals surface area contributed by atoms with E-state index in [1.807, 2.05) is 0 Å². The number of aromatic nitrogens is 1. The van der Waals surface area contributed by atoms with Gasteiger partial charge in [0.15, 0.2) is 0 Å². The molecule has 0 fully saturated rings. The monoisotopic (exact) mass is 204 g/mol. The van der Waals surface area contributed by atoms with Crippen molar-refractivity contribution < 1.29 is 0 Å². The number of nitrogens with one attached hydrogen (secondary N) is 1. The molecule has 2 nitrogen and oxygen atoms in total. The van der Waals surface area contributed by atoms with Crippen LogP contribution in [0.4, 0.5) is 5.82 Å². The molecule has 0 spiro atoms. The van der Waals surface area contributed by atoms with Gasteiger partial charge in [-0.15, -0.1) is 0 Å². The SMILES string of the molecule is CCC(C)Nc1nc(C)cc2c1CCC2. The highest BCUT2D eigenvalue weighted by Gasteiger charge is 2.17. The third-order valence-corrected chi connectivity index (χ3v) is 3.21. The number of anilines is 1. The molecule has 0 radical (unpaired) electrons. The lowest BCUT2D eigenvalue weighted by Gasteiger charge is -2.16. The first kappa shape index (κ1) is 10.5. The molecule has 1 aromatic heterocycles. The van der Waals surface area contributed by atoms with Gasteiger partial charge >= 0.3 is 0 Å². The zero-order chi connectivity index (χ0) is 10.8. The van der Waals surface area contributed by atoms with Gasteiger partial charge in [-0.1, -0.05) is 6.92 Å². The van der Waals surface area contributed by atoms with Gasteiger partial charge in [0, 0.05) is 11.7 Å². The van der Waals surface area contributed by atoms with E-state index in [-0.39, 0.29) is 0 Å². The van der Waals surface area contributed by atoms with Gasteiger partial charge in [-0.05, 0) is 56.7 Å². The fourth-order valence-electron chi connectivity index (χ4n) is 2.18. The lowest BCUT2D eigenvalue weighted by Crippen LogP contribution is -2.16. The Bertz CT molecular complexity index is 358. The second-order valence-corrected chi connectivity index (χ2v) is 4.56. The zero-order valence-corrected chi connectivity index (χ0v) is 9.93. The molecular weight excluding hydrogens is 184 g/mol. The first-order valence-electron chi connectivity index (χ1n) is 5.96. The Balaban J connectivity index is 2.30. The number of fused-ring (bicyclic) bond motifs is 1. The molecule has 82 valence electrons. The van der Waals surface area contributed by atoms with E-state index in [2.05, 4.69) is 37.1 Å². The molecule has 1 aliphatic carbocycles. The lowest BCUT2D eigenvalue weighted by atomic mass is 10.1. The maximum Gasteiger partial charge on any atom is 0.129 e. The van der Waals surface area contributed by atoms with Crippen molar-refractivity contribution in [3.8, 4) is 0 Å². The Morgan fingerprint density at radius 1 is 1.47 bits per heavy atom. The van der Waals surface area contributed by atoms with E-state index in [1.54, 1.807) is 0 Å². The second-order valence-electron chi connectivity index (χ2n) is 4.56. The van der Waals surface area contributed by atoms with Crippen LogP contribution in [-0.4, -0.2) is 11.0 Å². The fourth-order valence-corrected chi connectivity index (χ4v) is 2.18. The van der Waals surface area contributed by atoms with Crippen molar-refractivity contribution in [1.82, 2.24) is 4.98 Å². The molecule has 1 N–H and O–H groups in total. The summed E-state index contributed by atoms with van der Waals surface area (Å²) in [4.78, 5) is 4.62. The summed E-state index contributed by atoms with van der Waals surface area (Å²) in [7, 11) is 0. The predicted molar refractivity (Wildman–Crippen MR) is 64.4 cm³/mol. The highest BCUT2D eigenvalue weighted by molar-refractivity contribution is 5.52. The van der Waals surface area contributed by atoms with Gasteiger partial charge in [0.05, 0.1) is 0 Å². The Labute approximate surface area is 92.1 Å². The molecule has 1 unspecified atom stereocenters. The molecule has 0 aliphatic heterocycles. The number of hydrogen-bond acceptors (Lipinski definition) is 2. The average molecular weight is 204 g/mol. The van der Waals surface area contributed by atoms with E-state index in [4.69, 9.17) is 0 Å². The normalized spacial score (nSPS) is 16.2. The average Bonchev–Trinajstić information content (AvgIpc) is 2.65. The van der Waals surface area contributed by atoms with Gasteiger partial charge in [-0.25, -0.2) is 4.98 Å². The smallest absolute Gasteiger partial charge is 0.129 e. The molecule has 2 heteroatoms. The summed E-state index contributed by atoms with van der Waals surface area (Å²) in [5, 5.41) is 3.52.